The molecule has 0 aliphatic rings. The van der Waals surface area contributed by atoms with Crippen molar-refractivity contribution in [2.45, 2.75) is 32.8 Å². The van der Waals surface area contributed by atoms with Crippen LogP contribution in [-0.4, -0.2) is 38.0 Å². The largest absolute Gasteiger partial charge is 0.458 e. The van der Waals surface area contributed by atoms with E-state index in [1.54, 1.807) is 0 Å². The summed E-state index contributed by atoms with van der Waals surface area (Å²) in [6.45, 7) is 7.00. The maximum absolute atomic E-state index is 11.3. The van der Waals surface area contributed by atoms with Crippen LogP contribution in [0.15, 0.2) is 30.3 Å². The molecule has 0 bridgehead atoms. The van der Waals surface area contributed by atoms with Gasteiger partial charge in [0.1, 0.15) is 12.2 Å². The van der Waals surface area contributed by atoms with E-state index in [9.17, 15) is 4.79 Å². The smallest absolute Gasteiger partial charge is 0.332 e. The molecule has 20 heavy (non-hydrogen) atoms. The van der Waals surface area contributed by atoms with Gasteiger partial charge in [-0.25, -0.2) is 4.79 Å². The fourth-order valence-electron chi connectivity index (χ4n) is 1.58. The van der Waals surface area contributed by atoms with Crippen LogP contribution in [0.3, 0.4) is 0 Å². The van der Waals surface area contributed by atoms with Gasteiger partial charge in [0.2, 0.25) is 0 Å². The van der Waals surface area contributed by atoms with Crippen LogP contribution >= 0.6 is 0 Å². The van der Waals surface area contributed by atoms with Gasteiger partial charge in [0.25, 0.3) is 0 Å². The zero-order valence-corrected chi connectivity index (χ0v) is 12.6. The van der Waals surface area contributed by atoms with Gasteiger partial charge in [0.15, 0.2) is 0 Å². The van der Waals surface area contributed by atoms with Crippen molar-refractivity contribution in [3.8, 4) is 0 Å². The lowest BCUT2D eigenvalue weighted by molar-refractivity contribution is -0.160. The molecule has 4 nitrogen and oxygen atoms in total. The number of hydrogen-bond donors (Lipinski definition) is 0. The minimum atomic E-state index is -0.466. The predicted molar refractivity (Wildman–Crippen MR) is 77.6 cm³/mol. The molecule has 1 rings (SSSR count). The fraction of sp³-hybridized carbons (Fsp3) is 0.562. The summed E-state index contributed by atoms with van der Waals surface area (Å²) in [5, 5.41) is 0. The Kier molecular flexibility index (Phi) is 7.26. The standard InChI is InChI=1S/C16H24O4/c1-16(2,3)20-15(17)13-19-12-11-18-10-9-14-7-5-4-6-8-14/h4-8H,9-13H2,1-3H3. The Bertz CT molecular complexity index is 381. The minimum Gasteiger partial charge on any atom is -0.458 e. The van der Waals surface area contributed by atoms with Crippen LogP contribution in [0.25, 0.3) is 0 Å². The van der Waals surface area contributed by atoms with Crippen LogP contribution in [0.1, 0.15) is 26.3 Å². The first kappa shape index (κ1) is 16.7. The molecule has 0 fully saturated rings. The van der Waals surface area contributed by atoms with Gasteiger partial charge in [0, 0.05) is 0 Å². The number of rotatable bonds is 8. The Morgan fingerprint density at radius 1 is 1.00 bits per heavy atom. The molecular weight excluding hydrogens is 256 g/mol. The number of carbonyl (C=O) groups excluding carboxylic acids is 1. The quantitative estimate of drug-likeness (QED) is 0.542. The lowest BCUT2D eigenvalue weighted by Gasteiger charge is -2.19. The Morgan fingerprint density at radius 3 is 2.30 bits per heavy atom. The summed E-state index contributed by atoms with van der Waals surface area (Å²) in [6.07, 6.45) is 0.882. The molecule has 112 valence electrons. The highest BCUT2D eigenvalue weighted by Crippen LogP contribution is 2.06. The second-order valence-electron chi connectivity index (χ2n) is 5.49. The first-order valence-corrected chi connectivity index (χ1v) is 6.88. The van der Waals surface area contributed by atoms with Crippen LogP contribution < -0.4 is 0 Å². The summed E-state index contributed by atoms with van der Waals surface area (Å²) in [7, 11) is 0. The van der Waals surface area contributed by atoms with E-state index < -0.39 is 5.60 Å². The van der Waals surface area contributed by atoms with E-state index in [1.165, 1.54) is 5.56 Å². The van der Waals surface area contributed by atoms with Gasteiger partial charge in [-0.3, -0.25) is 0 Å². The summed E-state index contributed by atoms with van der Waals surface area (Å²) in [5.74, 6) is -0.346. The highest BCUT2D eigenvalue weighted by molar-refractivity contribution is 5.71. The molecular formula is C16H24O4. The molecule has 0 radical (unpaired) electrons. The molecule has 0 atom stereocenters. The SMILES string of the molecule is CC(C)(C)OC(=O)COCCOCCc1ccccc1. The molecule has 4 heteroatoms. The van der Waals surface area contributed by atoms with Gasteiger partial charge in [-0.2, -0.15) is 0 Å². The highest BCUT2D eigenvalue weighted by Gasteiger charge is 2.15. The van der Waals surface area contributed by atoms with Crippen molar-refractivity contribution < 1.29 is 19.0 Å². The number of esters is 1. The predicted octanol–water partition coefficient (Wildman–Crippen LogP) is 2.60. The normalized spacial score (nSPS) is 11.3. The van der Waals surface area contributed by atoms with Gasteiger partial charge in [0.05, 0.1) is 19.8 Å². The third-order valence-electron chi connectivity index (χ3n) is 2.39. The van der Waals surface area contributed by atoms with E-state index in [2.05, 4.69) is 12.1 Å². The number of hydrogen-bond acceptors (Lipinski definition) is 4. The maximum Gasteiger partial charge on any atom is 0.332 e. The van der Waals surface area contributed by atoms with Crippen molar-refractivity contribution in [3.05, 3.63) is 35.9 Å². The Labute approximate surface area is 121 Å². The van der Waals surface area contributed by atoms with Crippen molar-refractivity contribution in [1.82, 2.24) is 0 Å². The molecule has 0 aromatic heterocycles. The number of benzene rings is 1. The van der Waals surface area contributed by atoms with Crippen molar-refractivity contribution in [1.29, 1.82) is 0 Å². The molecule has 0 spiro atoms. The van der Waals surface area contributed by atoms with Crippen molar-refractivity contribution >= 4 is 5.97 Å². The van der Waals surface area contributed by atoms with Crippen LogP contribution in [0.4, 0.5) is 0 Å². The molecule has 0 N–H and O–H groups in total. The second-order valence-corrected chi connectivity index (χ2v) is 5.49. The molecule has 0 unspecified atom stereocenters. The van der Waals surface area contributed by atoms with Gasteiger partial charge in [-0.05, 0) is 32.8 Å². The van der Waals surface area contributed by atoms with Crippen molar-refractivity contribution in [2.75, 3.05) is 26.4 Å². The fourth-order valence-corrected chi connectivity index (χ4v) is 1.58. The first-order valence-electron chi connectivity index (χ1n) is 6.88. The van der Waals surface area contributed by atoms with Gasteiger partial charge >= 0.3 is 5.97 Å². The zero-order valence-electron chi connectivity index (χ0n) is 12.6. The van der Waals surface area contributed by atoms with Crippen LogP contribution in [-0.2, 0) is 25.4 Å². The van der Waals surface area contributed by atoms with Crippen LogP contribution in [0.5, 0.6) is 0 Å². The minimum absolute atomic E-state index is 0.0285. The van der Waals surface area contributed by atoms with Crippen molar-refractivity contribution in [3.63, 3.8) is 0 Å². The molecule has 0 amide bonds. The van der Waals surface area contributed by atoms with E-state index in [0.717, 1.165) is 6.42 Å². The molecule has 0 aliphatic heterocycles. The lowest BCUT2D eigenvalue weighted by Crippen LogP contribution is -2.27. The van der Waals surface area contributed by atoms with Gasteiger partial charge in [-0.1, -0.05) is 30.3 Å². The Morgan fingerprint density at radius 2 is 1.65 bits per heavy atom. The molecule has 1 aromatic rings. The third-order valence-corrected chi connectivity index (χ3v) is 2.39. The third kappa shape index (κ3) is 8.67. The number of ether oxygens (including phenoxy) is 3. The van der Waals surface area contributed by atoms with E-state index in [1.807, 2.05) is 39.0 Å². The molecule has 0 aliphatic carbocycles. The monoisotopic (exact) mass is 280 g/mol. The summed E-state index contributed by atoms with van der Waals surface area (Å²) in [6, 6.07) is 10.2. The van der Waals surface area contributed by atoms with Gasteiger partial charge < -0.3 is 14.2 Å². The van der Waals surface area contributed by atoms with Crippen molar-refractivity contribution in [2.24, 2.45) is 0 Å². The Balaban J connectivity index is 1.96. The Hall–Kier alpha value is -1.39. The topological polar surface area (TPSA) is 44.8 Å². The molecule has 0 heterocycles. The van der Waals surface area contributed by atoms with Gasteiger partial charge in [-0.15, -0.1) is 0 Å². The highest BCUT2D eigenvalue weighted by atomic mass is 16.6. The number of carbonyl (C=O) groups is 1. The molecule has 0 saturated carbocycles. The summed E-state index contributed by atoms with van der Waals surface area (Å²) in [4.78, 5) is 11.3. The first-order chi connectivity index (χ1) is 9.47. The zero-order chi connectivity index (χ0) is 14.8. The van der Waals surface area contributed by atoms with E-state index >= 15 is 0 Å². The average molecular weight is 280 g/mol. The maximum atomic E-state index is 11.3. The molecule has 1 aromatic carbocycles. The lowest BCUT2D eigenvalue weighted by atomic mass is 10.2. The van der Waals surface area contributed by atoms with Crippen LogP contribution in [0.2, 0.25) is 0 Å². The summed E-state index contributed by atoms with van der Waals surface area (Å²) in [5.41, 5.74) is 0.786. The van der Waals surface area contributed by atoms with E-state index in [-0.39, 0.29) is 12.6 Å². The van der Waals surface area contributed by atoms with Crippen LogP contribution in [0, 0.1) is 0 Å². The summed E-state index contributed by atoms with van der Waals surface area (Å²) < 4.78 is 15.8. The second kappa shape index (κ2) is 8.72. The van der Waals surface area contributed by atoms with E-state index in [0.29, 0.717) is 19.8 Å². The average Bonchev–Trinajstić information content (AvgIpc) is 2.37. The molecule has 0 saturated heterocycles. The summed E-state index contributed by atoms with van der Waals surface area (Å²) >= 11 is 0. The van der Waals surface area contributed by atoms with E-state index in [4.69, 9.17) is 14.2 Å².